The highest BCUT2D eigenvalue weighted by Crippen LogP contribution is 2.40. The van der Waals surface area contributed by atoms with Crippen LogP contribution in [0.25, 0.3) is 0 Å². The lowest BCUT2D eigenvalue weighted by Crippen LogP contribution is -2.30. The molecule has 0 radical (unpaired) electrons. The summed E-state index contributed by atoms with van der Waals surface area (Å²) in [5, 5.41) is 3.87. The van der Waals surface area contributed by atoms with Crippen LogP contribution in [-0.2, 0) is 0 Å². The highest BCUT2D eigenvalue weighted by Gasteiger charge is 2.32. The van der Waals surface area contributed by atoms with Gasteiger partial charge in [0.05, 0.1) is 11.4 Å². The maximum atomic E-state index is 6.13. The van der Waals surface area contributed by atoms with Crippen LogP contribution in [0, 0.1) is 13.8 Å². The monoisotopic (exact) mass is 285 g/mol. The van der Waals surface area contributed by atoms with Gasteiger partial charge in [0.15, 0.2) is 11.0 Å². The summed E-state index contributed by atoms with van der Waals surface area (Å²) in [7, 11) is 0. The molecule has 1 fully saturated rings. The van der Waals surface area contributed by atoms with Crippen molar-refractivity contribution in [1.82, 2.24) is 9.97 Å². The molecule has 0 aliphatic heterocycles. The molecule has 1 aromatic heterocycles. The van der Waals surface area contributed by atoms with Crippen molar-refractivity contribution in [3.63, 3.8) is 0 Å². The Morgan fingerprint density at radius 3 is 2.44 bits per heavy atom. The van der Waals surface area contributed by atoms with Gasteiger partial charge in [0, 0.05) is 11.3 Å². The molecule has 0 amide bonds. The van der Waals surface area contributed by atoms with Crippen molar-refractivity contribution >= 4 is 29.2 Å². The van der Waals surface area contributed by atoms with Gasteiger partial charge in [-0.15, -0.1) is 0 Å². The fourth-order valence-corrected chi connectivity index (χ4v) is 3.55. The molecular weight excluding hydrogens is 266 g/mol. The first-order valence-electron chi connectivity index (χ1n) is 6.36. The fourth-order valence-electron chi connectivity index (χ4n) is 2.41. The summed E-state index contributed by atoms with van der Waals surface area (Å²) < 4.78 is 0.351. The van der Waals surface area contributed by atoms with Crippen molar-refractivity contribution in [3.8, 4) is 0 Å². The average Bonchev–Trinajstić information content (AvgIpc) is 2.82. The number of halogens is 1. The van der Waals surface area contributed by atoms with Crippen LogP contribution in [0.3, 0.4) is 0 Å². The van der Waals surface area contributed by atoms with Crippen LogP contribution in [0.5, 0.6) is 0 Å². The molecule has 1 saturated carbocycles. The van der Waals surface area contributed by atoms with Crippen LogP contribution >= 0.6 is 23.4 Å². The summed E-state index contributed by atoms with van der Waals surface area (Å²) in [5.74, 6) is 0.722. The minimum Gasteiger partial charge on any atom is -0.366 e. The number of anilines is 1. The Labute approximate surface area is 118 Å². The number of nitrogens with one attached hydrogen (secondary N) is 1. The van der Waals surface area contributed by atoms with E-state index in [1.807, 2.05) is 25.6 Å². The number of hydrogen-bond acceptors (Lipinski definition) is 4. The molecule has 1 aliphatic carbocycles. The quantitative estimate of drug-likeness (QED) is 0.912. The summed E-state index contributed by atoms with van der Waals surface area (Å²) in [6.45, 7) is 4.81. The molecule has 0 unspecified atom stereocenters. The Hall–Kier alpha value is -0.480. The van der Waals surface area contributed by atoms with Crippen LogP contribution in [0.4, 0.5) is 5.82 Å². The Morgan fingerprint density at radius 2 is 1.83 bits per heavy atom. The van der Waals surface area contributed by atoms with E-state index in [9.17, 15) is 0 Å². The largest absolute Gasteiger partial charge is 0.366 e. The third-order valence-electron chi connectivity index (χ3n) is 3.79. The molecule has 18 heavy (non-hydrogen) atoms. The first-order chi connectivity index (χ1) is 8.56. The van der Waals surface area contributed by atoms with Gasteiger partial charge >= 0.3 is 0 Å². The second-order valence-electron chi connectivity index (χ2n) is 4.98. The number of hydrogen-bond donors (Lipinski definition) is 1. The predicted octanol–water partition coefficient (Wildman–Crippen LogP) is 3.83. The molecular formula is C13H20ClN3S. The third kappa shape index (κ3) is 2.91. The van der Waals surface area contributed by atoms with Gasteiger partial charge in [-0.2, -0.15) is 11.8 Å². The van der Waals surface area contributed by atoms with E-state index in [4.69, 9.17) is 11.6 Å². The van der Waals surface area contributed by atoms with Crippen molar-refractivity contribution in [2.45, 2.75) is 44.3 Å². The highest BCUT2D eigenvalue weighted by atomic mass is 35.5. The Kier molecular flexibility index (Phi) is 4.38. The van der Waals surface area contributed by atoms with E-state index in [0.717, 1.165) is 23.8 Å². The zero-order valence-corrected chi connectivity index (χ0v) is 12.8. The number of aromatic nitrogens is 2. The normalized spacial score (nSPS) is 18.0. The summed E-state index contributed by atoms with van der Waals surface area (Å²) >= 11 is 8.09. The summed E-state index contributed by atoms with van der Waals surface area (Å²) in [6, 6.07) is 0. The van der Waals surface area contributed by atoms with Crippen LogP contribution in [0.15, 0.2) is 0 Å². The van der Waals surface area contributed by atoms with Gasteiger partial charge in [0.2, 0.25) is 0 Å². The molecule has 1 aliphatic rings. The highest BCUT2D eigenvalue weighted by molar-refractivity contribution is 8.00. The smallest absolute Gasteiger partial charge is 0.171 e. The van der Waals surface area contributed by atoms with Gasteiger partial charge in [-0.25, -0.2) is 9.97 Å². The van der Waals surface area contributed by atoms with E-state index in [1.54, 1.807) is 0 Å². The van der Waals surface area contributed by atoms with Crippen molar-refractivity contribution in [3.05, 3.63) is 16.5 Å². The fraction of sp³-hybridized carbons (Fsp3) is 0.692. The standard InChI is InChI=1S/C13H20ClN3S/c1-9-10(2)17-12(11(14)16-9)15-8-13(18-3)6-4-5-7-13/h4-8H2,1-3H3,(H,15,17). The maximum absolute atomic E-state index is 6.13. The minimum absolute atomic E-state index is 0.351. The molecule has 1 aromatic rings. The molecule has 1 N–H and O–H groups in total. The van der Waals surface area contributed by atoms with Gasteiger partial charge in [-0.3, -0.25) is 0 Å². The zero-order chi connectivity index (χ0) is 13.2. The molecule has 1 heterocycles. The van der Waals surface area contributed by atoms with E-state index in [-0.39, 0.29) is 0 Å². The topological polar surface area (TPSA) is 37.8 Å². The molecule has 100 valence electrons. The number of aryl methyl sites for hydroxylation is 2. The van der Waals surface area contributed by atoms with Crippen molar-refractivity contribution in [2.75, 3.05) is 18.1 Å². The summed E-state index contributed by atoms with van der Waals surface area (Å²) in [5.41, 5.74) is 1.83. The van der Waals surface area contributed by atoms with E-state index in [0.29, 0.717) is 9.90 Å². The summed E-state index contributed by atoms with van der Waals surface area (Å²) in [4.78, 5) is 8.78. The minimum atomic E-state index is 0.351. The molecule has 2 rings (SSSR count). The van der Waals surface area contributed by atoms with Crippen molar-refractivity contribution in [2.24, 2.45) is 0 Å². The lowest BCUT2D eigenvalue weighted by molar-refractivity contribution is 0.638. The van der Waals surface area contributed by atoms with Crippen LogP contribution < -0.4 is 5.32 Å². The lowest BCUT2D eigenvalue weighted by atomic mass is 10.1. The molecule has 0 spiro atoms. The molecule has 0 saturated heterocycles. The van der Waals surface area contributed by atoms with Crippen LogP contribution in [0.2, 0.25) is 5.15 Å². The van der Waals surface area contributed by atoms with Crippen molar-refractivity contribution in [1.29, 1.82) is 0 Å². The first-order valence-corrected chi connectivity index (χ1v) is 7.96. The molecule has 5 heteroatoms. The summed E-state index contributed by atoms with van der Waals surface area (Å²) in [6.07, 6.45) is 7.40. The van der Waals surface area contributed by atoms with Crippen molar-refractivity contribution < 1.29 is 0 Å². The SMILES string of the molecule is CSC1(CNc2nc(C)c(C)nc2Cl)CCCC1. The Bertz CT molecular complexity index is 430. The van der Waals surface area contributed by atoms with Gasteiger partial charge < -0.3 is 5.32 Å². The molecule has 0 atom stereocenters. The van der Waals surface area contributed by atoms with E-state index in [2.05, 4.69) is 21.5 Å². The Balaban J connectivity index is 2.08. The van der Waals surface area contributed by atoms with E-state index >= 15 is 0 Å². The second-order valence-corrected chi connectivity index (χ2v) is 6.61. The number of thioether (sulfide) groups is 1. The predicted molar refractivity (Wildman–Crippen MR) is 79.7 cm³/mol. The maximum Gasteiger partial charge on any atom is 0.171 e. The van der Waals surface area contributed by atoms with Gasteiger partial charge in [0.25, 0.3) is 0 Å². The van der Waals surface area contributed by atoms with E-state index < -0.39 is 0 Å². The number of rotatable bonds is 4. The average molecular weight is 286 g/mol. The van der Waals surface area contributed by atoms with Gasteiger partial charge in [-0.05, 0) is 32.9 Å². The van der Waals surface area contributed by atoms with Crippen LogP contribution in [-0.4, -0.2) is 27.5 Å². The molecule has 3 nitrogen and oxygen atoms in total. The molecule has 0 aromatic carbocycles. The third-order valence-corrected chi connectivity index (χ3v) is 5.47. The second kappa shape index (κ2) is 5.66. The lowest BCUT2D eigenvalue weighted by Gasteiger charge is -2.27. The van der Waals surface area contributed by atoms with Crippen LogP contribution in [0.1, 0.15) is 37.1 Å². The Morgan fingerprint density at radius 1 is 1.22 bits per heavy atom. The molecule has 0 bridgehead atoms. The first kappa shape index (κ1) is 13.9. The zero-order valence-electron chi connectivity index (χ0n) is 11.2. The number of nitrogens with zero attached hydrogens (tertiary/aromatic N) is 2. The van der Waals surface area contributed by atoms with E-state index in [1.165, 1.54) is 25.7 Å². The van der Waals surface area contributed by atoms with Gasteiger partial charge in [-0.1, -0.05) is 24.4 Å². The van der Waals surface area contributed by atoms with Gasteiger partial charge in [0.1, 0.15) is 0 Å².